The number of benzene rings is 2. The molecule has 3 aromatic rings. The van der Waals surface area contributed by atoms with Gasteiger partial charge in [0.15, 0.2) is 0 Å². The maximum Gasteiger partial charge on any atom is 0.205 e. The largest absolute Gasteiger partial charge is 0.361 e. The van der Waals surface area contributed by atoms with E-state index in [1.165, 1.54) is 56.1 Å². The number of hydrogen-bond acceptors (Lipinski definition) is 2. The van der Waals surface area contributed by atoms with Crippen LogP contribution in [0.4, 0.5) is 0 Å². The summed E-state index contributed by atoms with van der Waals surface area (Å²) in [5.41, 5.74) is 5.10. The number of aryl methyl sites for hydroxylation is 1. The summed E-state index contributed by atoms with van der Waals surface area (Å²) in [5.74, 6) is 0. The Hall–Kier alpha value is -2.04. The maximum atomic E-state index is 8.74. The van der Waals surface area contributed by atoms with Crippen LogP contribution >= 0.6 is 12.4 Å². The molecular formula is C26H38ClN3O. The highest BCUT2D eigenvalue weighted by molar-refractivity contribution is 5.85. The predicted octanol–water partition coefficient (Wildman–Crippen LogP) is 6.82. The van der Waals surface area contributed by atoms with Gasteiger partial charge in [-0.05, 0) is 31.0 Å². The molecule has 0 radical (unpaired) electrons. The summed E-state index contributed by atoms with van der Waals surface area (Å²) in [6.07, 6.45) is 10.4. The normalized spacial score (nSPS) is 11.0. The number of nitrogens with one attached hydrogen (secondary N) is 1. The van der Waals surface area contributed by atoms with Crippen molar-refractivity contribution in [2.24, 2.45) is 0 Å². The fourth-order valence-corrected chi connectivity index (χ4v) is 3.96. The van der Waals surface area contributed by atoms with Gasteiger partial charge in [0.25, 0.3) is 0 Å². The van der Waals surface area contributed by atoms with Gasteiger partial charge in [0.05, 0.1) is 17.6 Å². The van der Waals surface area contributed by atoms with Crippen LogP contribution in [0.2, 0.25) is 0 Å². The van der Waals surface area contributed by atoms with Crippen LogP contribution in [0.1, 0.15) is 69.4 Å². The van der Waals surface area contributed by atoms with Crippen LogP contribution in [-0.2, 0) is 18.0 Å². The third-order valence-electron chi connectivity index (χ3n) is 5.80. The second-order valence-corrected chi connectivity index (χ2v) is 8.32. The number of fused-ring (bicyclic) bond motifs is 1. The van der Waals surface area contributed by atoms with E-state index < -0.39 is 0 Å². The Morgan fingerprint density at radius 3 is 2.00 bits per heavy atom. The minimum absolute atomic E-state index is 0. The van der Waals surface area contributed by atoms with E-state index in [-0.39, 0.29) is 12.4 Å². The lowest BCUT2D eigenvalue weighted by molar-refractivity contribution is 0.0730. The van der Waals surface area contributed by atoms with Crippen LogP contribution in [0.15, 0.2) is 48.5 Å². The van der Waals surface area contributed by atoms with Crippen molar-refractivity contribution in [3.8, 4) is 0 Å². The Labute approximate surface area is 193 Å². The van der Waals surface area contributed by atoms with Crippen LogP contribution < -0.4 is 5.62 Å². The van der Waals surface area contributed by atoms with Gasteiger partial charge < -0.3 is 9.30 Å². The van der Waals surface area contributed by atoms with Gasteiger partial charge in [-0.15, -0.1) is 12.4 Å². The van der Waals surface area contributed by atoms with Gasteiger partial charge in [0.1, 0.15) is 6.73 Å². The average Bonchev–Trinajstić information content (AvgIpc) is 3.02. The highest BCUT2D eigenvalue weighted by Gasteiger charge is 2.11. The van der Waals surface area contributed by atoms with Crippen LogP contribution in [0, 0.1) is 12.3 Å². The first-order valence-electron chi connectivity index (χ1n) is 11.6. The van der Waals surface area contributed by atoms with E-state index in [1.807, 2.05) is 16.7 Å². The molecule has 31 heavy (non-hydrogen) atoms. The van der Waals surface area contributed by atoms with E-state index in [4.69, 9.17) is 10.1 Å². The molecule has 0 saturated carbocycles. The van der Waals surface area contributed by atoms with Gasteiger partial charge in [-0.1, -0.05) is 93.8 Å². The van der Waals surface area contributed by atoms with Crippen molar-refractivity contribution in [2.45, 2.75) is 78.5 Å². The molecule has 0 bridgehead atoms. The minimum Gasteiger partial charge on any atom is -0.361 e. The van der Waals surface area contributed by atoms with E-state index >= 15 is 0 Å². The fourth-order valence-electron chi connectivity index (χ4n) is 3.96. The molecule has 0 atom stereocenters. The maximum absolute atomic E-state index is 8.74. The van der Waals surface area contributed by atoms with Gasteiger partial charge in [0, 0.05) is 6.61 Å². The van der Waals surface area contributed by atoms with Crippen LogP contribution in [0.3, 0.4) is 0 Å². The Bertz CT molecular complexity index is 959. The summed E-state index contributed by atoms with van der Waals surface area (Å²) in [7, 11) is 0. The first kappa shape index (κ1) is 25.2. The number of unbranched alkanes of at least 4 members (excludes halogenated alkanes) is 7. The first-order chi connectivity index (χ1) is 14.7. The standard InChI is InChI=1S/C26H37N3O.ClH/c1-3-4-5-6-7-8-9-12-19-30-21-29-25-14-11-10-13-24(25)28(26(29)27)20-23-17-15-22(2)16-18-23;/h10-11,13-18,27H,3-9,12,19-21H2,1-2H3;1H. The lowest BCUT2D eigenvalue weighted by atomic mass is 10.1. The molecular weight excluding hydrogens is 406 g/mol. The molecule has 0 aliphatic carbocycles. The number of rotatable bonds is 13. The van der Waals surface area contributed by atoms with Gasteiger partial charge in [0.2, 0.25) is 5.62 Å². The Morgan fingerprint density at radius 1 is 0.774 bits per heavy atom. The second kappa shape index (κ2) is 13.4. The van der Waals surface area contributed by atoms with E-state index in [0.29, 0.717) is 18.9 Å². The number of hydrogen-bond donors (Lipinski definition) is 1. The van der Waals surface area contributed by atoms with Crippen molar-refractivity contribution < 1.29 is 4.74 Å². The summed E-state index contributed by atoms with van der Waals surface area (Å²) in [4.78, 5) is 0. The topological polar surface area (TPSA) is 42.9 Å². The molecule has 3 rings (SSSR count). The molecule has 5 heteroatoms. The highest BCUT2D eigenvalue weighted by atomic mass is 35.5. The van der Waals surface area contributed by atoms with Crippen molar-refractivity contribution in [3.05, 3.63) is 65.3 Å². The number of para-hydroxylation sites is 2. The quantitative estimate of drug-likeness (QED) is 0.289. The number of imidazole rings is 1. The second-order valence-electron chi connectivity index (χ2n) is 8.32. The van der Waals surface area contributed by atoms with Gasteiger partial charge in [-0.25, -0.2) is 0 Å². The molecule has 4 nitrogen and oxygen atoms in total. The molecule has 0 aliphatic heterocycles. The third kappa shape index (κ3) is 7.26. The van der Waals surface area contributed by atoms with Gasteiger partial charge in [-0.3, -0.25) is 9.98 Å². The van der Waals surface area contributed by atoms with Gasteiger partial charge >= 0.3 is 0 Å². The molecule has 0 fully saturated rings. The van der Waals surface area contributed by atoms with Gasteiger partial charge in [-0.2, -0.15) is 0 Å². The minimum atomic E-state index is 0. The first-order valence-corrected chi connectivity index (χ1v) is 11.6. The summed E-state index contributed by atoms with van der Waals surface area (Å²) < 4.78 is 10.0. The molecule has 0 unspecified atom stereocenters. The number of halogens is 1. The van der Waals surface area contributed by atoms with Crippen molar-refractivity contribution in [1.29, 1.82) is 5.41 Å². The van der Waals surface area contributed by atoms with Crippen LogP contribution in [0.25, 0.3) is 11.0 Å². The van der Waals surface area contributed by atoms with E-state index in [2.05, 4.69) is 54.8 Å². The summed E-state index contributed by atoms with van der Waals surface area (Å²) in [6.45, 7) is 6.26. The van der Waals surface area contributed by atoms with Crippen LogP contribution in [-0.4, -0.2) is 15.7 Å². The highest BCUT2D eigenvalue weighted by Crippen LogP contribution is 2.15. The summed E-state index contributed by atoms with van der Waals surface area (Å²) in [5, 5.41) is 8.74. The zero-order chi connectivity index (χ0) is 21.2. The van der Waals surface area contributed by atoms with Crippen molar-refractivity contribution >= 4 is 23.4 Å². The number of nitrogens with zero attached hydrogens (tertiary/aromatic N) is 2. The molecule has 2 aromatic carbocycles. The molecule has 1 aromatic heterocycles. The predicted molar refractivity (Wildman–Crippen MR) is 132 cm³/mol. The Balaban J connectivity index is 0.00000341. The van der Waals surface area contributed by atoms with E-state index in [1.54, 1.807) is 0 Å². The fraction of sp³-hybridized carbons (Fsp3) is 0.500. The zero-order valence-corrected chi connectivity index (χ0v) is 19.9. The SMILES string of the molecule is CCCCCCCCCCOCn1c(=N)n(Cc2ccc(C)cc2)c2ccccc21.Cl. The van der Waals surface area contributed by atoms with Crippen LogP contribution in [0.5, 0.6) is 0 Å². The Morgan fingerprint density at radius 2 is 1.35 bits per heavy atom. The molecule has 0 saturated heterocycles. The summed E-state index contributed by atoms with van der Waals surface area (Å²) >= 11 is 0. The lowest BCUT2D eigenvalue weighted by Gasteiger charge is -2.07. The average molecular weight is 444 g/mol. The monoisotopic (exact) mass is 443 g/mol. The van der Waals surface area contributed by atoms with Crippen molar-refractivity contribution in [1.82, 2.24) is 9.13 Å². The van der Waals surface area contributed by atoms with E-state index in [0.717, 1.165) is 24.1 Å². The molecule has 0 spiro atoms. The molecule has 1 N–H and O–H groups in total. The van der Waals surface area contributed by atoms with Crippen molar-refractivity contribution in [3.63, 3.8) is 0 Å². The zero-order valence-electron chi connectivity index (χ0n) is 19.1. The smallest absolute Gasteiger partial charge is 0.205 e. The third-order valence-corrected chi connectivity index (χ3v) is 5.80. The van der Waals surface area contributed by atoms with Crippen molar-refractivity contribution in [2.75, 3.05) is 6.61 Å². The number of aromatic nitrogens is 2. The lowest BCUT2D eigenvalue weighted by Crippen LogP contribution is -2.26. The molecule has 0 aliphatic rings. The van der Waals surface area contributed by atoms with E-state index in [9.17, 15) is 0 Å². The molecule has 0 amide bonds. The number of ether oxygens (including phenoxy) is 1. The Kier molecular flexibility index (Phi) is 10.9. The summed E-state index contributed by atoms with van der Waals surface area (Å²) in [6, 6.07) is 16.8. The molecule has 170 valence electrons. The molecule has 1 heterocycles.